The third kappa shape index (κ3) is 2.70. The molecule has 0 spiro atoms. The van der Waals surface area contributed by atoms with Crippen molar-refractivity contribution in [2.24, 2.45) is 0 Å². The Hall–Kier alpha value is -2.04. The highest BCUT2D eigenvalue weighted by Gasteiger charge is 2.25. The van der Waals surface area contributed by atoms with Gasteiger partial charge in [-0.15, -0.1) is 0 Å². The van der Waals surface area contributed by atoms with Crippen LogP contribution in [0.5, 0.6) is 0 Å². The van der Waals surface area contributed by atoms with Crippen LogP contribution in [0, 0.1) is 0 Å². The van der Waals surface area contributed by atoms with Crippen LogP contribution in [-0.2, 0) is 9.59 Å². The van der Waals surface area contributed by atoms with Crippen molar-refractivity contribution in [1.82, 2.24) is 4.90 Å². The average Bonchev–Trinajstić information content (AvgIpc) is 2.41. The zero-order chi connectivity index (χ0) is 14.0. The molecule has 0 aromatic heterocycles. The second-order valence-electron chi connectivity index (χ2n) is 4.86. The minimum absolute atomic E-state index is 0.0593. The largest absolute Gasteiger partial charge is 0.481 e. The van der Waals surface area contributed by atoms with Crippen molar-refractivity contribution in [1.29, 1.82) is 0 Å². The number of aliphatic carboxylic acids is 1. The summed E-state index contributed by atoms with van der Waals surface area (Å²) in [6.45, 7) is 3.36. The van der Waals surface area contributed by atoms with E-state index in [1.54, 1.807) is 18.9 Å². The molecule has 1 aromatic carbocycles. The number of piperazine rings is 1. The maximum atomic E-state index is 11.8. The number of carboxylic acids is 1. The van der Waals surface area contributed by atoms with Gasteiger partial charge in [0, 0.05) is 25.8 Å². The van der Waals surface area contributed by atoms with Gasteiger partial charge in [-0.3, -0.25) is 9.59 Å². The zero-order valence-electron chi connectivity index (χ0n) is 11.2. The number of anilines is 1. The molecular formula is C14H18N2O3. The highest BCUT2D eigenvalue weighted by Crippen LogP contribution is 2.28. The van der Waals surface area contributed by atoms with Crippen LogP contribution in [0.1, 0.15) is 18.4 Å². The van der Waals surface area contributed by atoms with Crippen molar-refractivity contribution in [3.63, 3.8) is 0 Å². The van der Waals surface area contributed by atoms with E-state index < -0.39 is 11.9 Å². The lowest BCUT2D eigenvalue weighted by Gasteiger charge is -2.35. The second kappa shape index (κ2) is 5.30. The van der Waals surface area contributed by atoms with Crippen LogP contribution in [0.4, 0.5) is 5.69 Å². The monoisotopic (exact) mass is 262 g/mol. The Bertz CT molecular complexity index is 501. The summed E-state index contributed by atoms with van der Waals surface area (Å²) in [4.78, 5) is 26.6. The van der Waals surface area contributed by atoms with Crippen molar-refractivity contribution in [2.45, 2.75) is 12.8 Å². The Morgan fingerprint density at radius 1 is 1.32 bits per heavy atom. The number of carbonyl (C=O) groups is 2. The van der Waals surface area contributed by atoms with Gasteiger partial charge >= 0.3 is 5.97 Å². The Morgan fingerprint density at radius 2 is 2.00 bits per heavy atom. The first-order valence-electron chi connectivity index (χ1n) is 6.31. The molecule has 19 heavy (non-hydrogen) atoms. The molecule has 102 valence electrons. The van der Waals surface area contributed by atoms with Gasteiger partial charge in [-0.1, -0.05) is 18.2 Å². The Kier molecular flexibility index (Phi) is 3.74. The molecule has 1 amide bonds. The van der Waals surface area contributed by atoms with Crippen LogP contribution in [-0.4, -0.2) is 48.6 Å². The Balaban J connectivity index is 2.30. The summed E-state index contributed by atoms with van der Waals surface area (Å²) in [7, 11) is 1.78. The molecular weight excluding hydrogens is 244 g/mol. The fourth-order valence-corrected chi connectivity index (χ4v) is 2.24. The zero-order valence-corrected chi connectivity index (χ0v) is 11.2. The summed E-state index contributed by atoms with van der Waals surface area (Å²) in [5, 5.41) is 9.16. The molecule has 1 fully saturated rings. The van der Waals surface area contributed by atoms with Gasteiger partial charge in [0.15, 0.2) is 0 Å². The van der Waals surface area contributed by atoms with Gasteiger partial charge < -0.3 is 14.9 Å². The number of carboxylic acid groups (broad SMARTS) is 1. The van der Waals surface area contributed by atoms with E-state index in [4.69, 9.17) is 5.11 Å². The minimum atomic E-state index is -0.854. The minimum Gasteiger partial charge on any atom is -0.481 e. The smallest absolute Gasteiger partial charge is 0.310 e. The van der Waals surface area contributed by atoms with Crippen LogP contribution in [0.15, 0.2) is 24.3 Å². The summed E-state index contributed by atoms with van der Waals surface area (Å²) in [6, 6.07) is 7.40. The van der Waals surface area contributed by atoms with Crippen molar-refractivity contribution in [3.05, 3.63) is 29.8 Å². The van der Waals surface area contributed by atoms with Gasteiger partial charge in [0.2, 0.25) is 5.91 Å². The van der Waals surface area contributed by atoms with Gasteiger partial charge in [-0.25, -0.2) is 0 Å². The lowest BCUT2D eigenvalue weighted by Crippen LogP contribution is -2.48. The van der Waals surface area contributed by atoms with Crippen LogP contribution in [0.25, 0.3) is 0 Å². The highest BCUT2D eigenvalue weighted by molar-refractivity contribution is 5.84. The number of nitrogens with zero attached hydrogens (tertiary/aromatic N) is 2. The van der Waals surface area contributed by atoms with Gasteiger partial charge in [0.1, 0.15) is 0 Å². The fourth-order valence-electron chi connectivity index (χ4n) is 2.24. The van der Waals surface area contributed by atoms with E-state index in [0.29, 0.717) is 13.1 Å². The maximum absolute atomic E-state index is 11.8. The predicted molar refractivity (Wildman–Crippen MR) is 72.3 cm³/mol. The standard InChI is InChI=1S/C14H18N2O3/c1-10(14(18)19)11-5-3-4-6-12(11)16-8-7-15(2)13(17)9-16/h3-6,10H,7-9H2,1-2H3,(H,18,19). The number of rotatable bonds is 3. The summed E-state index contributed by atoms with van der Waals surface area (Å²) in [5.41, 5.74) is 1.60. The van der Waals surface area contributed by atoms with Crippen molar-refractivity contribution in [2.75, 3.05) is 31.6 Å². The topological polar surface area (TPSA) is 60.9 Å². The third-order valence-corrected chi connectivity index (χ3v) is 3.57. The van der Waals surface area contributed by atoms with Crippen molar-refractivity contribution >= 4 is 17.6 Å². The lowest BCUT2D eigenvalue weighted by molar-refractivity contribution is -0.138. The highest BCUT2D eigenvalue weighted by atomic mass is 16.4. The van der Waals surface area contributed by atoms with E-state index in [0.717, 1.165) is 17.8 Å². The molecule has 1 saturated heterocycles. The third-order valence-electron chi connectivity index (χ3n) is 3.57. The number of carbonyl (C=O) groups excluding carboxylic acids is 1. The van der Waals surface area contributed by atoms with E-state index in [1.807, 2.05) is 29.2 Å². The van der Waals surface area contributed by atoms with Crippen molar-refractivity contribution in [3.8, 4) is 0 Å². The molecule has 0 saturated carbocycles. The molecule has 1 atom stereocenters. The van der Waals surface area contributed by atoms with E-state index in [1.165, 1.54) is 0 Å². The summed E-state index contributed by atoms with van der Waals surface area (Å²) in [6.07, 6.45) is 0. The molecule has 0 bridgehead atoms. The Morgan fingerprint density at radius 3 is 2.63 bits per heavy atom. The second-order valence-corrected chi connectivity index (χ2v) is 4.86. The van der Waals surface area contributed by atoms with Crippen LogP contribution in [0.2, 0.25) is 0 Å². The summed E-state index contributed by atoms with van der Waals surface area (Å²) < 4.78 is 0. The Labute approximate surface area is 112 Å². The maximum Gasteiger partial charge on any atom is 0.310 e. The fraction of sp³-hybridized carbons (Fsp3) is 0.429. The number of hydrogen-bond donors (Lipinski definition) is 1. The summed E-state index contributed by atoms with van der Waals surface area (Å²) >= 11 is 0. The van der Waals surface area contributed by atoms with E-state index >= 15 is 0 Å². The quantitative estimate of drug-likeness (QED) is 0.887. The van der Waals surface area contributed by atoms with E-state index in [-0.39, 0.29) is 5.91 Å². The van der Waals surface area contributed by atoms with Gasteiger partial charge in [-0.2, -0.15) is 0 Å². The number of para-hydroxylation sites is 1. The molecule has 5 heteroatoms. The van der Waals surface area contributed by atoms with Gasteiger partial charge in [0.25, 0.3) is 0 Å². The number of hydrogen-bond acceptors (Lipinski definition) is 3. The van der Waals surface area contributed by atoms with Gasteiger partial charge in [0.05, 0.1) is 12.5 Å². The molecule has 1 aliphatic rings. The molecule has 1 aromatic rings. The number of amides is 1. The van der Waals surface area contributed by atoms with Crippen LogP contribution >= 0.6 is 0 Å². The average molecular weight is 262 g/mol. The number of likely N-dealkylation sites (N-methyl/N-ethyl adjacent to an activating group) is 1. The molecule has 0 radical (unpaired) electrons. The summed E-state index contributed by atoms with van der Waals surface area (Å²) in [5.74, 6) is -1.37. The first-order valence-corrected chi connectivity index (χ1v) is 6.31. The normalized spacial score (nSPS) is 17.5. The molecule has 1 heterocycles. The van der Waals surface area contributed by atoms with E-state index in [2.05, 4.69) is 0 Å². The molecule has 0 aliphatic carbocycles. The first-order chi connectivity index (χ1) is 9.00. The molecule has 1 N–H and O–H groups in total. The van der Waals surface area contributed by atoms with Crippen LogP contribution < -0.4 is 4.90 Å². The van der Waals surface area contributed by atoms with E-state index in [9.17, 15) is 9.59 Å². The first kappa shape index (κ1) is 13.4. The van der Waals surface area contributed by atoms with Gasteiger partial charge in [-0.05, 0) is 18.6 Å². The molecule has 1 aliphatic heterocycles. The lowest BCUT2D eigenvalue weighted by atomic mass is 9.98. The van der Waals surface area contributed by atoms with Crippen LogP contribution in [0.3, 0.4) is 0 Å². The predicted octanol–water partition coefficient (Wildman–Crippen LogP) is 1.15. The molecule has 1 unspecified atom stereocenters. The molecule has 5 nitrogen and oxygen atoms in total. The SMILES string of the molecule is CC(C(=O)O)c1ccccc1N1CCN(C)C(=O)C1. The molecule has 2 rings (SSSR count). The van der Waals surface area contributed by atoms with Crippen molar-refractivity contribution < 1.29 is 14.7 Å². The number of benzene rings is 1.